The standard InChI is InChI=1S/C12H20N4O3S/c1-13-12-14-8-11(9-15-12)20(17,18)16-6-7-19-10-4-2-3-5-10/h8-10,16H,2-7H2,1H3,(H,13,14,15). The van der Waals surface area contributed by atoms with E-state index in [1.807, 2.05) is 0 Å². The summed E-state index contributed by atoms with van der Waals surface area (Å²) in [5.41, 5.74) is 0. The van der Waals surface area contributed by atoms with Gasteiger partial charge in [0.25, 0.3) is 0 Å². The normalized spacial score (nSPS) is 16.4. The van der Waals surface area contributed by atoms with Crippen molar-refractivity contribution in [2.45, 2.75) is 36.7 Å². The van der Waals surface area contributed by atoms with Crippen LogP contribution in [0.1, 0.15) is 25.7 Å². The van der Waals surface area contributed by atoms with Crippen molar-refractivity contribution in [2.75, 3.05) is 25.5 Å². The second-order valence-corrected chi connectivity index (χ2v) is 6.43. The third-order valence-corrected chi connectivity index (χ3v) is 4.63. The van der Waals surface area contributed by atoms with E-state index in [1.54, 1.807) is 7.05 Å². The maximum atomic E-state index is 12.0. The molecule has 1 aliphatic carbocycles. The number of nitrogens with one attached hydrogen (secondary N) is 2. The zero-order chi connectivity index (χ0) is 14.4. The van der Waals surface area contributed by atoms with Crippen molar-refractivity contribution in [3.63, 3.8) is 0 Å². The van der Waals surface area contributed by atoms with Crippen LogP contribution in [0, 0.1) is 0 Å². The first-order valence-electron chi connectivity index (χ1n) is 6.73. The maximum Gasteiger partial charge on any atom is 0.243 e. The van der Waals surface area contributed by atoms with Gasteiger partial charge in [-0.3, -0.25) is 0 Å². The van der Waals surface area contributed by atoms with Crippen LogP contribution in [0.4, 0.5) is 5.95 Å². The van der Waals surface area contributed by atoms with E-state index in [2.05, 4.69) is 20.0 Å². The van der Waals surface area contributed by atoms with Crippen LogP contribution in [-0.2, 0) is 14.8 Å². The monoisotopic (exact) mass is 300 g/mol. The van der Waals surface area contributed by atoms with Gasteiger partial charge in [-0.1, -0.05) is 12.8 Å². The third kappa shape index (κ3) is 4.12. The Morgan fingerprint density at radius 1 is 1.30 bits per heavy atom. The van der Waals surface area contributed by atoms with E-state index in [-0.39, 0.29) is 17.5 Å². The molecular weight excluding hydrogens is 280 g/mol. The predicted octanol–water partition coefficient (Wildman–Crippen LogP) is 0.756. The van der Waals surface area contributed by atoms with Gasteiger partial charge < -0.3 is 10.1 Å². The zero-order valence-corrected chi connectivity index (χ0v) is 12.3. The smallest absolute Gasteiger partial charge is 0.243 e. The molecule has 2 rings (SSSR count). The molecule has 8 heteroatoms. The molecule has 1 aromatic rings. The van der Waals surface area contributed by atoms with Gasteiger partial charge in [0.1, 0.15) is 4.90 Å². The lowest BCUT2D eigenvalue weighted by atomic mass is 10.3. The second kappa shape index (κ2) is 6.96. The van der Waals surface area contributed by atoms with E-state index < -0.39 is 10.0 Å². The molecule has 0 spiro atoms. The number of anilines is 1. The number of hydrogen-bond donors (Lipinski definition) is 2. The summed E-state index contributed by atoms with van der Waals surface area (Å²) >= 11 is 0. The molecule has 0 radical (unpaired) electrons. The molecule has 1 heterocycles. The molecule has 112 valence electrons. The molecule has 20 heavy (non-hydrogen) atoms. The number of nitrogens with zero attached hydrogens (tertiary/aromatic N) is 2. The summed E-state index contributed by atoms with van der Waals surface area (Å²) < 4.78 is 32.0. The molecule has 1 aliphatic rings. The quantitative estimate of drug-likeness (QED) is 0.722. The minimum atomic E-state index is -3.56. The van der Waals surface area contributed by atoms with Gasteiger partial charge in [-0.05, 0) is 12.8 Å². The van der Waals surface area contributed by atoms with Gasteiger partial charge >= 0.3 is 0 Å². The van der Waals surface area contributed by atoms with Crippen molar-refractivity contribution in [3.8, 4) is 0 Å². The molecule has 1 saturated carbocycles. The van der Waals surface area contributed by atoms with E-state index in [0.717, 1.165) is 12.8 Å². The first-order valence-corrected chi connectivity index (χ1v) is 8.21. The Balaban J connectivity index is 1.80. The van der Waals surface area contributed by atoms with Crippen molar-refractivity contribution in [1.29, 1.82) is 0 Å². The molecule has 1 fully saturated rings. The summed E-state index contributed by atoms with van der Waals surface area (Å²) in [7, 11) is -1.90. The fourth-order valence-electron chi connectivity index (χ4n) is 2.12. The lowest BCUT2D eigenvalue weighted by Gasteiger charge is -2.11. The van der Waals surface area contributed by atoms with Gasteiger partial charge in [0.05, 0.1) is 25.1 Å². The Morgan fingerprint density at radius 3 is 2.55 bits per heavy atom. The van der Waals surface area contributed by atoms with E-state index >= 15 is 0 Å². The summed E-state index contributed by atoms with van der Waals surface area (Å²) in [5.74, 6) is 0.383. The zero-order valence-electron chi connectivity index (χ0n) is 11.5. The van der Waals surface area contributed by atoms with Crippen LogP contribution in [0.3, 0.4) is 0 Å². The molecule has 0 atom stereocenters. The highest BCUT2D eigenvalue weighted by atomic mass is 32.2. The van der Waals surface area contributed by atoms with Crippen molar-refractivity contribution in [1.82, 2.24) is 14.7 Å². The topological polar surface area (TPSA) is 93.2 Å². The SMILES string of the molecule is CNc1ncc(S(=O)(=O)NCCOC2CCCC2)cn1. The molecule has 0 amide bonds. The van der Waals surface area contributed by atoms with E-state index in [0.29, 0.717) is 12.6 Å². The average Bonchev–Trinajstić information content (AvgIpc) is 2.97. The molecule has 0 saturated heterocycles. The largest absolute Gasteiger partial charge is 0.377 e. The molecular formula is C12H20N4O3S. The Hall–Kier alpha value is -1.25. The van der Waals surface area contributed by atoms with E-state index in [4.69, 9.17) is 4.74 Å². The first kappa shape index (κ1) is 15.1. The minimum absolute atomic E-state index is 0.0531. The van der Waals surface area contributed by atoms with Gasteiger partial charge in [0, 0.05) is 13.6 Å². The van der Waals surface area contributed by atoms with Crippen LogP contribution in [0.5, 0.6) is 0 Å². The number of aromatic nitrogens is 2. The van der Waals surface area contributed by atoms with Gasteiger partial charge in [0.15, 0.2) is 0 Å². The van der Waals surface area contributed by atoms with Gasteiger partial charge in [-0.25, -0.2) is 23.1 Å². The van der Waals surface area contributed by atoms with Crippen molar-refractivity contribution >= 4 is 16.0 Å². The van der Waals surface area contributed by atoms with Gasteiger partial charge in [0.2, 0.25) is 16.0 Å². The van der Waals surface area contributed by atoms with Crippen molar-refractivity contribution < 1.29 is 13.2 Å². The van der Waals surface area contributed by atoms with Crippen LogP contribution in [0.2, 0.25) is 0 Å². The number of sulfonamides is 1. The summed E-state index contributed by atoms with van der Waals surface area (Å²) in [6.07, 6.45) is 7.39. The highest BCUT2D eigenvalue weighted by molar-refractivity contribution is 7.89. The molecule has 0 aromatic carbocycles. The highest BCUT2D eigenvalue weighted by Gasteiger charge is 2.17. The Kier molecular flexibility index (Phi) is 5.27. The van der Waals surface area contributed by atoms with E-state index in [9.17, 15) is 8.42 Å². The lowest BCUT2D eigenvalue weighted by molar-refractivity contribution is 0.0626. The molecule has 0 unspecified atom stereocenters. The summed E-state index contributed by atoms with van der Waals surface area (Å²) in [5, 5.41) is 2.73. The van der Waals surface area contributed by atoms with Crippen molar-refractivity contribution in [3.05, 3.63) is 12.4 Å². The number of hydrogen-bond acceptors (Lipinski definition) is 6. The third-order valence-electron chi connectivity index (χ3n) is 3.21. The number of ether oxygens (including phenoxy) is 1. The summed E-state index contributed by atoms with van der Waals surface area (Å²) in [6, 6.07) is 0. The lowest BCUT2D eigenvalue weighted by Crippen LogP contribution is -2.28. The molecule has 2 N–H and O–H groups in total. The summed E-state index contributed by atoms with van der Waals surface area (Å²) in [6.45, 7) is 0.645. The molecule has 0 bridgehead atoms. The van der Waals surface area contributed by atoms with Crippen LogP contribution >= 0.6 is 0 Å². The Morgan fingerprint density at radius 2 is 1.95 bits per heavy atom. The predicted molar refractivity (Wildman–Crippen MR) is 75.0 cm³/mol. The first-order chi connectivity index (χ1) is 9.62. The second-order valence-electron chi connectivity index (χ2n) is 4.67. The van der Waals surface area contributed by atoms with Crippen LogP contribution in [0.15, 0.2) is 17.3 Å². The molecule has 0 aliphatic heterocycles. The van der Waals surface area contributed by atoms with Gasteiger partial charge in [-0.2, -0.15) is 0 Å². The number of rotatable bonds is 7. The Bertz CT molecular complexity index is 512. The van der Waals surface area contributed by atoms with Crippen LogP contribution < -0.4 is 10.0 Å². The molecule has 1 aromatic heterocycles. The van der Waals surface area contributed by atoms with Crippen molar-refractivity contribution in [2.24, 2.45) is 0 Å². The van der Waals surface area contributed by atoms with Gasteiger partial charge in [-0.15, -0.1) is 0 Å². The fraction of sp³-hybridized carbons (Fsp3) is 0.667. The van der Waals surface area contributed by atoms with Crippen LogP contribution in [-0.4, -0.2) is 44.7 Å². The highest BCUT2D eigenvalue weighted by Crippen LogP contribution is 2.20. The summed E-state index contributed by atoms with van der Waals surface area (Å²) in [4.78, 5) is 7.82. The average molecular weight is 300 g/mol. The Labute approximate surface area is 119 Å². The fourth-order valence-corrected chi connectivity index (χ4v) is 3.03. The maximum absolute atomic E-state index is 12.0. The van der Waals surface area contributed by atoms with E-state index in [1.165, 1.54) is 25.2 Å². The van der Waals surface area contributed by atoms with Crippen LogP contribution in [0.25, 0.3) is 0 Å². The molecule has 7 nitrogen and oxygen atoms in total. The minimum Gasteiger partial charge on any atom is -0.377 e.